The van der Waals surface area contributed by atoms with Crippen LogP contribution in [0, 0.1) is 0 Å². The second-order valence-electron chi connectivity index (χ2n) is 16.8. The highest BCUT2D eigenvalue weighted by Crippen LogP contribution is 2.45. The monoisotopic (exact) mass is 829 g/mol. The molecule has 6 heteroatoms. The summed E-state index contributed by atoms with van der Waals surface area (Å²) in [7, 11) is 0. The van der Waals surface area contributed by atoms with Gasteiger partial charge in [0.15, 0.2) is 17.5 Å². The number of nitrogens with zero attached hydrogens (tertiary/aromatic N) is 5. The van der Waals surface area contributed by atoms with E-state index in [-0.39, 0.29) is 0 Å². The number of hydrogen-bond donors (Lipinski definition) is 0. The molecule has 0 saturated heterocycles. The van der Waals surface area contributed by atoms with Crippen LogP contribution >= 0.6 is 0 Å². The van der Waals surface area contributed by atoms with Crippen LogP contribution in [0.3, 0.4) is 0 Å². The minimum Gasteiger partial charge on any atom is -0.456 e. The molecular weight excluding hydrogens is 795 g/mol. The Hall–Kier alpha value is -8.87. The molecule has 6 nitrogen and oxygen atoms in total. The summed E-state index contributed by atoms with van der Waals surface area (Å²) in [6, 6.07) is 75.0. The lowest BCUT2D eigenvalue weighted by molar-refractivity contribution is 0.669. The Morgan fingerprint density at radius 1 is 0.338 bits per heavy atom. The van der Waals surface area contributed by atoms with E-state index in [4.69, 9.17) is 19.4 Å². The SMILES string of the molecule is c1ccc(-n2c3ccccc3c3c(-c4nc(-c5ccc6ccccc6c5)nc(-c5c(-n6c7ccccc7c7cc8ccccc8cc76)ccc6oc7ccccc7c56)n4)cccc32)cc1. The maximum Gasteiger partial charge on any atom is 0.166 e. The van der Waals surface area contributed by atoms with Gasteiger partial charge in [0.05, 0.1) is 33.3 Å². The van der Waals surface area contributed by atoms with Gasteiger partial charge in [0.25, 0.3) is 0 Å². The molecule has 0 unspecified atom stereocenters. The molecule has 4 heterocycles. The van der Waals surface area contributed by atoms with E-state index < -0.39 is 0 Å². The van der Waals surface area contributed by atoms with Crippen molar-refractivity contribution in [1.82, 2.24) is 24.1 Å². The van der Waals surface area contributed by atoms with Crippen molar-refractivity contribution in [2.24, 2.45) is 0 Å². The summed E-state index contributed by atoms with van der Waals surface area (Å²) in [5.41, 5.74) is 10.7. The Bertz CT molecular complexity index is 4250. The molecule has 14 rings (SSSR count). The molecule has 0 radical (unpaired) electrons. The van der Waals surface area contributed by atoms with Crippen LogP contribution < -0.4 is 0 Å². The van der Waals surface area contributed by atoms with E-state index in [0.29, 0.717) is 17.5 Å². The van der Waals surface area contributed by atoms with Gasteiger partial charge in [0.1, 0.15) is 11.2 Å². The number of rotatable bonds is 5. The Morgan fingerprint density at radius 2 is 0.969 bits per heavy atom. The number of para-hydroxylation sites is 4. The van der Waals surface area contributed by atoms with Crippen LogP contribution in [0.2, 0.25) is 0 Å². The molecule has 0 amide bonds. The number of fused-ring (bicyclic) bond motifs is 11. The first-order chi connectivity index (χ1) is 32.2. The van der Waals surface area contributed by atoms with Crippen molar-refractivity contribution in [3.8, 4) is 45.5 Å². The minimum absolute atomic E-state index is 0.556. The van der Waals surface area contributed by atoms with Crippen molar-refractivity contribution < 1.29 is 4.42 Å². The van der Waals surface area contributed by atoms with E-state index in [1.54, 1.807) is 0 Å². The number of aromatic nitrogens is 5. The van der Waals surface area contributed by atoms with Crippen molar-refractivity contribution in [2.75, 3.05) is 0 Å². The third-order valence-electron chi connectivity index (χ3n) is 13.1. The van der Waals surface area contributed by atoms with Crippen LogP contribution in [-0.4, -0.2) is 24.1 Å². The summed E-state index contributed by atoms with van der Waals surface area (Å²) in [5, 5.41) is 11.1. The van der Waals surface area contributed by atoms with Gasteiger partial charge in [0.2, 0.25) is 0 Å². The first-order valence-electron chi connectivity index (χ1n) is 21.9. The molecule has 14 aromatic rings. The Labute approximate surface area is 371 Å². The molecule has 302 valence electrons. The maximum absolute atomic E-state index is 6.66. The zero-order chi connectivity index (χ0) is 42.6. The van der Waals surface area contributed by atoms with E-state index >= 15 is 0 Å². The van der Waals surface area contributed by atoms with Crippen molar-refractivity contribution in [2.45, 2.75) is 0 Å². The largest absolute Gasteiger partial charge is 0.456 e. The van der Waals surface area contributed by atoms with Crippen LogP contribution in [-0.2, 0) is 0 Å². The van der Waals surface area contributed by atoms with Gasteiger partial charge in [0, 0.05) is 49.1 Å². The highest BCUT2D eigenvalue weighted by molar-refractivity contribution is 6.18. The quantitative estimate of drug-likeness (QED) is 0.173. The van der Waals surface area contributed by atoms with E-state index in [9.17, 15) is 0 Å². The molecule has 0 aliphatic carbocycles. The van der Waals surface area contributed by atoms with Crippen LogP contribution in [0.25, 0.3) is 133 Å². The molecular formula is C59H35N5O. The Kier molecular flexibility index (Phi) is 7.59. The summed E-state index contributed by atoms with van der Waals surface area (Å²) in [5.74, 6) is 1.73. The third kappa shape index (κ3) is 5.38. The van der Waals surface area contributed by atoms with Gasteiger partial charge < -0.3 is 13.6 Å². The predicted octanol–water partition coefficient (Wildman–Crippen LogP) is 15.3. The van der Waals surface area contributed by atoms with Gasteiger partial charge in [-0.3, -0.25) is 0 Å². The fourth-order valence-corrected chi connectivity index (χ4v) is 10.3. The average molecular weight is 830 g/mol. The number of benzene rings is 10. The topological polar surface area (TPSA) is 61.7 Å². The lowest BCUT2D eigenvalue weighted by Gasteiger charge is -2.16. The molecule has 65 heavy (non-hydrogen) atoms. The third-order valence-corrected chi connectivity index (χ3v) is 13.1. The number of hydrogen-bond acceptors (Lipinski definition) is 4. The van der Waals surface area contributed by atoms with Gasteiger partial charge in [-0.15, -0.1) is 0 Å². The Morgan fingerprint density at radius 3 is 1.80 bits per heavy atom. The van der Waals surface area contributed by atoms with Gasteiger partial charge in [-0.1, -0.05) is 146 Å². The molecule has 0 spiro atoms. The van der Waals surface area contributed by atoms with E-state index in [2.05, 4.69) is 209 Å². The summed E-state index contributed by atoms with van der Waals surface area (Å²) in [6.45, 7) is 0. The van der Waals surface area contributed by atoms with Crippen LogP contribution in [0.1, 0.15) is 0 Å². The molecule has 4 aromatic heterocycles. The first kappa shape index (κ1) is 35.7. The average Bonchev–Trinajstić information content (AvgIpc) is 4.03. The van der Waals surface area contributed by atoms with Gasteiger partial charge in [-0.05, 0) is 88.3 Å². The maximum atomic E-state index is 6.66. The van der Waals surface area contributed by atoms with Crippen molar-refractivity contribution in [3.63, 3.8) is 0 Å². The van der Waals surface area contributed by atoms with Crippen LogP contribution in [0.4, 0.5) is 0 Å². The molecule has 0 aliphatic rings. The molecule has 0 bridgehead atoms. The fraction of sp³-hybridized carbons (Fsp3) is 0. The van der Waals surface area contributed by atoms with Crippen LogP contribution in [0.5, 0.6) is 0 Å². The Balaban J connectivity index is 1.13. The summed E-state index contributed by atoms with van der Waals surface area (Å²) in [4.78, 5) is 16.6. The highest BCUT2D eigenvalue weighted by Gasteiger charge is 2.26. The second kappa shape index (κ2) is 13.8. The molecule has 0 atom stereocenters. The summed E-state index contributed by atoms with van der Waals surface area (Å²) in [6.07, 6.45) is 0. The molecule has 0 saturated carbocycles. The standard InChI is InChI=1S/C59H35N5O/c1-2-19-41(20-3-1)63-48-26-12-9-22-43(48)54-45(24-14-27-49(54)63)58-60-57(40-30-29-36-15-4-5-16-37(36)33-40)61-59(62-58)56-50(31-32-53-55(56)44-23-10-13-28-52(44)65-53)64-47-25-11-8-21-42(47)46-34-38-17-6-7-18-39(38)35-51(46)64/h1-35H. The zero-order valence-corrected chi connectivity index (χ0v) is 34.9. The molecule has 0 aliphatic heterocycles. The smallest absolute Gasteiger partial charge is 0.166 e. The molecule has 0 fully saturated rings. The van der Waals surface area contributed by atoms with Gasteiger partial charge in [-0.25, -0.2) is 15.0 Å². The predicted molar refractivity (Wildman–Crippen MR) is 267 cm³/mol. The van der Waals surface area contributed by atoms with E-state index in [1.165, 1.54) is 21.5 Å². The highest BCUT2D eigenvalue weighted by atomic mass is 16.3. The second-order valence-corrected chi connectivity index (χ2v) is 16.8. The lowest BCUT2D eigenvalue weighted by atomic mass is 10.0. The normalized spacial score (nSPS) is 12.0. The lowest BCUT2D eigenvalue weighted by Crippen LogP contribution is -2.04. The minimum atomic E-state index is 0.556. The van der Waals surface area contributed by atoms with E-state index in [1.807, 2.05) is 12.1 Å². The fourth-order valence-electron chi connectivity index (χ4n) is 10.3. The molecule has 10 aromatic carbocycles. The molecule has 0 N–H and O–H groups in total. The number of furan rings is 1. The van der Waals surface area contributed by atoms with Crippen molar-refractivity contribution in [3.05, 3.63) is 212 Å². The summed E-state index contributed by atoms with van der Waals surface area (Å²) < 4.78 is 11.4. The summed E-state index contributed by atoms with van der Waals surface area (Å²) >= 11 is 0. The van der Waals surface area contributed by atoms with Gasteiger partial charge in [-0.2, -0.15) is 0 Å². The van der Waals surface area contributed by atoms with Crippen LogP contribution in [0.15, 0.2) is 217 Å². The van der Waals surface area contributed by atoms with E-state index in [0.717, 1.165) is 93.6 Å². The van der Waals surface area contributed by atoms with Gasteiger partial charge >= 0.3 is 0 Å². The van der Waals surface area contributed by atoms with Crippen molar-refractivity contribution >= 4 is 87.1 Å². The zero-order valence-electron chi connectivity index (χ0n) is 34.9. The van der Waals surface area contributed by atoms with Crippen molar-refractivity contribution in [1.29, 1.82) is 0 Å². The first-order valence-corrected chi connectivity index (χ1v) is 21.9.